The van der Waals surface area contributed by atoms with Crippen molar-refractivity contribution in [1.29, 1.82) is 0 Å². The molecule has 8 heteroatoms. The van der Waals surface area contributed by atoms with Crippen LogP contribution in [-0.2, 0) is 14.4 Å². The molecule has 6 N–H and O–H groups in total. The summed E-state index contributed by atoms with van der Waals surface area (Å²) >= 11 is 0. The van der Waals surface area contributed by atoms with Gasteiger partial charge in [0.1, 0.15) is 11.7 Å². The molecule has 0 aromatic rings. The van der Waals surface area contributed by atoms with Crippen LogP contribution in [0.15, 0.2) is 35.1 Å². The molecular weight excluding hydrogens is 354 g/mol. The highest BCUT2D eigenvalue weighted by Gasteiger charge is 2.66. The maximum absolute atomic E-state index is 13.0. The SMILES string of the molecule is NC(=O)C1C(=O)C2(O)C(O)C(=O)C3=C4C(O)=CC=CC4CCC3C2CC1O. The molecule has 2 fully saturated rings. The van der Waals surface area contributed by atoms with Gasteiger partial charge in [0, 0.05) is 23.0 Å². The van der Waals surface area contributed by atoms with Gasteiger partial charge in [-0.25, -0.2) is 0 Å². The van der Waals surface area contributed by atoms with E-state index >= 15 is 0 Å². The van der Waals surface area contributed by atoms with E-state index in [1.807, 2.05) is 6.08 Å². The Hall–Kier alpha value is -2.29. The van der Waals surface area contributed by atoms with E-state index in [2.05, 4.69) is 0 Å². The number of ketones is 2. The van der Waals surface area contributed by atoms with Gasteiger partial charge in [-0.05, 0) is 31.3 Å². The minimum atomic E-state index is -2.48. The lowest BCUT2D eigenvalue weighted by atomic mass is 9.52. The number of nitrogens with two attached hydrogens (primary N) is 1. The van der Waals surface area contributed by atoms with Gasteiger partial charge in [-0.2, -0.15) is 0 Å². The fourth-order valence-corrected chi connectivity index (χ4v) is 5.31. The Labute approximate surface area is 154 Å². The number of allylic oxidation sites excluding steroid dienone is 4. The van der Waals surface area contributed by atoms with Gasteiger partial charge in [-0.15, -0.1) is 0 Å². The summed E-state index contributed by atoms with van der Waals surface area (Å²) in [4.78, 5) is 37.4. The van der Waals surface area contributed by atoms with Crippen LogP contribution < -0.4 is 5.73 Å². The summed E-state index contributed by atoms with van der Waals surface area (Å²) in [7, 11) is 0. The lowest BCUT2D eigenvalue weighted by Crippen LogP contribution is -2.71. The molecule has 0 saturated heterocycles. The molecule has 0 aromatic heterocycles. The van der Waals surface area contributed by atoms with Crippen molar-refractivity contribution in [2.75, 3.05) is 0 Å². The molecule has 7 unspecified atom stereocenters. The van der Waals surface area contributed by atoms with E-state index < -0.39 is 53.0 Å². The van der Waals surface area contributed by atoms with Gasteiger partial charge in [0.05, 0.1) is 6.10 Å². The van der Waals surface area contributed by atoms with E-state index in [-0.39, 0.29) is 23.7 Å². The minimum absolute atomic E-state index is 0.0779. The number of fused-ring (bicyclic) bond motifs is 4. The molecule has 0 spiro atoms. The van der Waals surface area contributed by atoms with Gasteiger partial charge in [0.2, 0.25) is 5.91 Å². The number of aliphatic hydroxyl groups excluding tert-OH is 3. The molecule has 0 bridgehead atoms. The Morgan fingerprint density at radius 1 is 1.19 bits per heavy atom. The first-order valence-electron chi connectivity index (χ1n) is 8.97. The molecule has 27 heavy (non-hydrogen) atoms. The van der Waals surface area contributed by atoms with E-state index in [1.54, 1.807) is 6.08 Å². The Kier molecular flexibility index (Phi) is 3.92. The van der Waals surface area contributed by atoms with Gasteiger partial charge < -0.3 is 26.2 Å². The van der Waals surface area contributed by atoms with Crippen molar-refractivity contribution in [3.63, 3.8) is 0 Å². The Bertz CT molecular complexity index is 841. The molecule has 1 amide bonds. The Morgan fingerprint density at radius 3 is 2.56 bits per heavy atom. The third kappa shape index (κ3) is 2.24. The highest BCUT2D eigenvalue weighted by molar-refractivity contribution is 6.13. The van der Waals surface area contributed by atoms with Crippen molar-refractivity contribution in [2.45, 2.75) is 37.1 Å². The number of carbonyl (C=O) groups is 3. The van der Waals surface area contributed by atoms with Crippen LogP contribution in [0.3, 0.4) is 0 Å². The van der Waals surface area contributed by atoms with Crippen molar-refractivity contribution in [3.05, 3.63) is 35.1 Å². The molecule has 8 nitrogen and oxygen atoms in total. The monoisotopic (exact) mass is 375 g/mol. The van der Waals surface area contributed by atoms with Crippen molar-refractivity contribution < 1.29 is 34.8 Å². The summed E-state index contributed by atoms with van der Waals surface area (Å²) < 4.78 is 0. The van der Waals surface area contributed by atoms with Crippen LogP contribution in [0.25, 0.3) is 0 Å². The van der Waals surface area contributed by atoms with Crippen LogP contribution in [0.5, 0.6) is 0 Å². The van der Waals surface area contributed by atoms with Crippen LogP contribution >= 0.6 is 0 Å². The lowest BCUT2D eigenvalue weighted by molar-refractivity contribution is -0.196. The quantitative estimate of drug-likeness (QED) is 0.369. The summed E-state index contributed by atoms with van der Waals surface area (Å²) in [5, 5.41) is 42.3. The summed E-state index contributed by atoms with van der Waals surface area (Å²) in [5.41, 5.74) is 3.31. The Morgan fingerprint density at radius 2 is 1.89 bits per heavy atom. The molecule has 0 aromatic carbocycles. The second kappa shape index (κ2) is 5.85. The van der Waals surface area contributed by atoms with Crippen LogP contribution in [0.2, 0.25) is 0 Å². The number of hydrogen-bond donors (Lipinski definition) is 5. The zero-order valence-corrected chi connectivity index (χ0v) is 14.4. The first kappa shape index (κ1) is 18.1. The van der Waals surface area contributed by atoms with E-state index in [4.69, 9.17) is 5.73 Å². The number of primary amides is 1. The average molecular weight is 375 g/mol. The number of amides is 1. The maximum Gasteiger partial charge on any atom is 0.230 e. The van der Waals surface area contributed by atoms with Crippen molar-refractivity contribution in [1.82, 2.24) is 0 Å². The predicted molar refractivity (Wildman–Crippen MR) is 90.9 cm³/mol. The smallest absolute Gasteiger partial charge is 0.230 e. The lowest BCUT2D eigenvalue weighted by Gasteiger charge is -2.53. The number of hydrogen-bond acceptors (Lipinski definition) is 7. The number of aliphatic hydroxyl groups is 4. The molecule has 144 valence electrons. The van der Waals surface area contributed by atoms with Crippen LogP contribution in [0.4, 0.5) is 0 Å². The molecule has 4 aliphatic rings. The van der Waals surface area contributed by atoms with Crippen LogP contribution in [0.1, 0.15) is 19.3 Å². The highest BCUT2D eigenvalue weighted by atomic mass is 16.4. The first-order chi connectivity index (χ1) is 12.7. The zero-order chi connectivity index (χ0) is 19.7. The molecule has 0 aliphatic heterocycles. The number of rotatable bonds is 1. The highest BCUT2D eigenvalue weighted by Crippen LogP contribution is 2.54. The second-order valence-corrected chi connectivity index (χ2v) is 7.80. The first-order valence-corrected chi connectivity index (χ1v) is 8.97. The summed E-state index contributed by atoms with van der Waals surface area (Å²) in [5.74, 6) is -6.57. The molecule has 7 atom stereocenters. The third-order valence-corrected chi connectivity index (χ3v) is 6.54. The predicted octanol–water partition coefficient (Wildman–Crippen LogP) is -0.953. The summed E-state index contributed by atoms with van der Waals surface area (Å²) in [6.45, 7) is 0. The molecular formula is C19H21NO7. The van der Waals surface area contributed by atoms with E-state index in [9.17, 15) is 34.8 Å². The molecule has 4 rings (SSSR count). The van der Waals surface area contributed by atoms with Gasteiger partial charge in [-0.3, -0.25) is 14.4 Å². The summed E-state index contributed by atoms with van der Waals surface area (Å²) in [6, 6.07) is 0. The molecule has 0 heterocycles. The van der Waals surface area contributed by atoms with Gasteiger partial charge in [-0.1, -0.05) is 12.2 Å². The third-order valence-electron chi connectivity index (χ3n) is 6.54. The Balaban J connectivity index is 1.87. The fraction of sp³-hybridized carbons (Fsp3) is 0.526. The van der Waals surface area contributed by atoms with Gasteiger partial charge in [0.15, 0.2) is 23.3 Å². The van der Waals surface area contributed by atoms with Crippen LogP contribution in [-0.4, -0.2) is 55.7 Å². The zero-order valence-electron chi connectivity index (χ0n) is 14.4. The van der Waals surface area contributed by atoms with Crippen molar-refractivity contribution in [2.24, 2.45) is 29.4 Å². The van der Waals surface area contributed by atoms with Gasteiger partial charge >= 0.3 is 0 Å². The molecule has 4 aliphatic carbocycles. The number of Topliss-reactive ketones (excluding diaryl/α,β-unsaturated/α-hetero) is 2. The van der Waals surface area contributed by atoms with Crippen LogP contribution in [0, 0.1) is 23.7 Å². The second-order valence-electron chi connectivity index (χ2n) is 7.80. The van der Waals surface area contributed by atoms with E-state index in [0.29, 0.717) is 18.4 Å². The topological polar surface area (TPSA) is 158 Å². The standard InChI is InChI=1S/C19H21NO7/c20-18(26)14-11(22)6-9-8-5-4-7-2-1-3-10(21)12(7)13(8)15(23)17(25)19(9,27)16(14)24/h1-3,7-9,11,14,17,21-22,25,27H,4-6H2,(H2,20,26). The van der Waals surface area contributed by atoms with E-state index in [1.165, 1.54) is 6.08 Å². The normalized spacial score (nSPS) is 43.6. The van der Waals surface area contributed by atoms with Crippen molar-refractivity contribution in [3.8, 4) is 0 Å². The van der Waals surface area contributed by atoms with Crippen molar-refractivity contribution >= 4 is 17.5 Å². The summed E-state index contributed by atoms with van der Waals surface area (Å²) in [6.07, 6.45) is 2.36. The fourth-order valence-electron chi connectivity index (χ4n) is 5.31. The van der Waals surface area contributed by atoms with E-state index in [0.717, 1.165) is 0 Å². The number of carbonyl (C=O) groups excluding carboxylic acids is 3. The molecule has 2 saturated carbocycles. The van der Waals surface area contributed by atoms with Gasteiger partial charge in [0.25, 0.3) is 0 Å². The average Bonchev–Trinajstić information content (AvgIpc) is 2.62. The largest absolute Gasteiger partial charge is 0.508 e. The molecule has 0 radical (unpaired) electrons. The minimum Gasteiger partial charge on any atom is -0.508 e. The maximum atomic E-state index is 13.0.